The van der Waals surface area contributed by atoms with E-state index in [1.54, 1.807) is 63.2 Å². The second-order valence-corrected chi connectivity index (χ2v) is 37.6. The molecule has 6 aliphatic heterocycles. The fraction of sp³-hybridized carbons (Fsp3) is 0.654. The van der Waals surface area contributed by atoms with Crippen molar-refractivity contribution in [2.75, 3.05) is 37.4 Å². The predicted octanol–water partition coefficient (Wildman–Crippen LogP) is 5.91. The first-order valence-electron chi connectivity index (χ1n) is 38.3. The number of carbonyl (C=O) groups is 9. The monoisotopic (exact) mass is 1480 g/mol. The van der Waals surface area contributed by atoms with Gasteiger partial charge in [-0.05, 0) is 191 Å². The van der Waals surface area contributed by atoms with Gasteiger partial charge in [0.25, 0.3) is 0 Å². The van der Waals surface area contributed by atoms with E-state index in [2.05, 4.69) is 66.1 Å². The maximum atomic E-state index is 15.4. The van der Waals surface area contributed by atoms with Crippen LogP contribution in [-0.2, 0) is 72.3 Å². The molecular formula is C78H108N12O11S3. The highest BCUT2D eigenvalue weighted by Gasteiger charge is 2.62. The minimum atomic E-state index is -3.91. The van der Waals surface area contributed by atoms with Crippen LogP contribution in [-0.4, -0.2) is 184 Å². The molecule has 23 nitrogen and oxygen atoms in total. The van der Waals surface area contributed by atoms with E-state index < -0.39 is 110 Å². The van der Waals surface area contributed by atoms with Crippen LogP contribution in [0.1, 0.15) is 196 Å². The maximum Gasteiger partial charge on any atom is 0.246 e. The van der Waals surface area contributed by atoms with Gasteiger partial charge in [-0.2, -0.15) is 0 Å². The minimum Gasteiger partial charge on any atom is -0.347 e. The molecule has 0 bridgehead atoms. The molecule has 26 heteroatoms. The Labute approximate surface area is 621 Å². The molecule has 13 rings (SSSR count). The van der Waals surface area contributed by atoms with Crippen molar-refractivity contribution < 1.29 is 51.6 Å². The zero-order valence-corrected chi connectivity index (χ0v) is 64.0. The van der Waals surface area contributed by atoms with Gasteiger partial charge in [0.05, 0.1) is 52.8 Å². The van der Waals surface area contributed by atoms with E-state index in [-0.39, 0.29) is 94.6 Å². The van der Waals surface area contributed by atoms with Gasteiger partial charge in [-0.1, -0.05) is 120 Å². The second-order valence-electron chi connectivity index (χ2n) is 32.8. The Balaban J connectivity index is 0.656. The third-order valence-electron chi connectivity index (χ3n) is 25.1. The lowest BCUT2D eigenvalue weighted by Gasteiger charge is -2.39. The van der Waals surface area contributed by atoms with Crippen molar-refractivity contribution in [2.45, 2.75) is 253 Å². The number of benzene rings is 3. The zero-order chi connectivity index (χ0) is 73.7. The number of nitrogens with one attached hydrogen (secondary N) is 9. The van der Waals surface area contributed by atoms with Crippen molar-refractivity contribution >= 4 is 86.5 Å². The first-order chi connectivity index (χ1) is 49.7. The molecular weight excluding hydrogens is 1380 g/mol. The summed E-state index contributed by atoms with van der Waals surface area (Å²) in [6, 6.07) is 15.3. The largest absolute Gasteiger partial charge is 0.347 e. The van der Waals surface area contributed by atoms with Crippen molar-refractivity contribution in [1.29, 1.82) is 0 Å². The fourth-order valence-electron chi connectivity index (χ4n) is 19.3. The topological polar surface area (TPSA) is 306 Å². The van der Waals surface area contributed by atoms with E-state index in [4.69, 9.17) is 0 Å². The van der Waals surface area contributed by atoms with Gasteiger partial charge in [0.1, 0.15) is 41.6 Å². The van der Waals surface area contributed by atoms with Gasteiger partial charge < -0.3 is 62.6 Å². The second kappa shape index (κ2) is 30.9. The smallest absolute Gasteiger partial charge is 0.246 e. The average Bonchev–Trinajstić information content (AvgIpc) is 1.58. The highest BCUT2D eigenvalue weighted by molar-refractivity contribution is 8.00. The molecule has 1 saturated carbocycles. The number of aryl methyl sites for hydroxylation is 3. The molecule has 0 radical (unpaired) electrons. The van der Waals surface area contributed by atoms with Crippen LogP contribution in [0.15, 0.2) is 72.8 Å². The third-order valence-corrected chi connectivity index (χ3v) is 29.7. The zero-order valence-electron chi connectivity index (χ0n) is 61.6. The molecule has 0 aromatic heterocycles. The van der Waals surface area contributed by atoms with E-state index >= 15 is 19.2 Å². The van der Waals surface area contributed by atoms with Gasteiger partial charge in [-0.15, -0.1) is 23.5 Å². The number of fused-ring (bicyclic) bond motifs is 6. The van der Waals surface area contributed by atoms with Crippen LogP contribution >= 0.6 is 23.5 Å². The predicted molar refractivity (Wildman–Crippen MR) is 401 cm³/mol. The average molecular weight is 1490 g/mol. The Kier molecular flexibility index (Phi) is 22.5. The quantitative estimate of drug-likeness (QED) is 0.0635. The lowest BCUT2D eigenvalue weighted by atomic mass is 9.77. The highest BCUT2D eigenvalue weighted by atomic mass is 32.2. The minimum absolute atomic E-state index is 0.0345. The lowest BCUT2D eigenvalue weighted by Crippen LogP contribution is -2.59. The Hall–Kier alpha value is -6.58. The molecule has 7 fully saturated rings. The van der Waals surface area contributed by atoms with Gasteiger partial charge >= 0.3 is 0 Å². The number of sulfone groups is 1. The summed E-state index contributed by atoms with van der Waals surface area (Å²) in [7, 11) is -2.30. The van der Waals surface area contributed by atoms with Gasteiger partial charge in [0, 0.05) is 18.5 Å². The first kappa shape index (κ1) is 75.6. The SMILES string of the molecule is CC[C@H](NCC1CCc2ccccc2C1NC(=O)C1N2C(=O)[C@@H](NC(=O)[C@H](C)NC)CCS(=O)(=O)C2CC1(C)C)C(=O)N[C@H]1CCSC2CC(C)(C)C(C(=O)NC3c4ccccc4CCC3CN[C@@H](C)C(=O)N[C@H]3CCSC4CC5(CCCC5)C(C(=O)NC5CCCc6ccccc65)N4C3=O)N2C1=O. The van der Waals surface area contributed by atoms with Crippen molar-refractivity contribution in [2.24, 2.45) is 28.1 Å². The van der Waals surface area contributed by atoms with Crippen molar-refractivity contribution in [1.82, 2.24) is 62.6 Å². The number of carbonyl (C=O) groups excluding carboxylic acids is 9. The number of hydrogen-bond acceptors (Lipinski definition) is 16. The van der Waals surface area contributed by atoms with Gasteiger partial charge in [-0.3, -0.25) is 43.2 Å². The molecule has 104 heavy (non-hydrogen) atoms. The number of thioether (sulfide) groups is 2. The molecule has 3 aromatic carbocycles. The molecule has 564 valence electrons. The summed E-state index contributed by atoms with van der Waals surface area (Å²) in [5.74, 6) is -2.75. The van der Waals surface area contributed by atoms with Crippen LogP contribution in [0.5, 0.6) is 0 Å². The van der Waals surface area contributed by atoms with Crippen LogP contribution in [0.4, 0.5) is 0 Å². The molecule has 6 heterocycles. The van der Waals surface area contributed by atoms with Crippen molar-refractivity contribution in [3.05, 3.63) is 106 Å². The van der Waals surface area contributed by atoms with Crippen molar-refractivity contribution in [3.63, 3.8) is 0 Å². The Morgan fingerprint density at radius 3 is 1.56 bits per heavy atom. The summed E-state index contributed by atoms with van der Waals surface area (Å²) in [6.07, 6.45) is 11.7. The molecule has 10 aliphatic rings. The number of nitrogens with zero attached hydrogens (tertiary/aromatic N) is 3. The molecule has 6 saturated heterocycles. The molecule has 1 spiro atoms. The van der Waals surface area contributed by atoms with Crippen LogP contribution in [0.3, 0.4) is 0 Å². The Morgan fingerprint density at radius 1 is 0.510 bits per heavy atom. The van der Waals surface area contributed by atoms with Gasteiger partial charge in [-0.25, -0.2) is 8.42 Å². The summed E-state index contributed by atoms with van der Waals surface area (Å²) < 4.78 is 27.9. The highest BCUT2D eigenvalue weighted by Crippen LogP contribution is 2.56. The number of amides is 9. The standard InChI is InChI=1S/C78H108N12O11S3/c1-9-54(81-43-50-30-28-48-21-12-15-25-53(48)63(50)87-71(95)65-77(6,7)41-61-90(65)75(99)58(33-38-104(61,100)101)84-67(91)44(2)79-8)69(93)85-57-32-36-102-59-39-76(4,5)64(88(59)73(57)97)70(94)86-62-49(29-27-47-20-11-14-24-52(47)62)42-80-45(3)68(92)83-56-31-37-103-60-40-78(34-16-17-35-78)66(89(60)74(56)98)72(96)82-55-26-18-22-46-19-10-13-23-51(46)55/h10-15,19-21,23-25,44-45,49-50,54-66,79-81H,9,16-18,22,26-43H2,1-8H3,(H,82,96)(H,83,92)(H,84,91)(H,85,93)(H,86,94)(H,87,95)/t44-,45-,49?,50?,54-,55?,56-,57-,58-,59?,60?,61?,62?,63?,64?,65?,66?/m0/s1. The molecule has 4 aliphatic carbocycles. The summed E-state index contributed by atoms with van der Waals surface area (Å²) in [5, 5.41) is 27.4. The maximum absolute atomic E-state index is 15.4. The van der Waals surface area contributed by atoms with E-state index in [1.807, 2.05) is 80.3 Å². The number of rotatable bonds is 20. The van der Waals surface area contributed by atoms with Gasteiger partial charge in [0.2, 0.25) is 53.2 Å². The molecule has 17 atom stereocenters. The molecule has 9 N–H and O–H groups in total. The fourth-order valence-corrected chi connectivity index (χ4v) is 24.5. The number of likely N-dealkylation sites (N-methyl/N-ethyl adjacent to an activating group) is 1. The van der Waals surface area contributed by atoms with E-state index in [0.717, 1.165) is 85.6 Å². The molecule has 11 unspecified atom stereocenters. The van der Waals surface area contributed by atoms with E-state index in [1.165, 1.54) is 10.5 Å². The van der Waals surface area contributed by atoms with Crippen molar-refractivity contribution in [3.8, 4) is 0 Å². The van der Waals surface area contributed by atoms with E-state index in [9.17, 15) is 32.4 Å². The van der Waals surface area contributed by atoms with Crippen LogP contribution < -0.4 is 47.9 Å². The third kappa shape index (κ3) is 15.0. The number of hydrogen-bond donors (Lipinski definition) is 9. The molecule has 9 amide bonds. The lowest BCUT2D eigenvalue weighted by molar-refractivity contribution is -0.144. The molecule has 3 aromatic rings. The van der Waals surface area contributed by atoms with Gasteiger partial charge in [0.15, 0.2) is 9.84 Å². The summed E-state index contributed by atoms with van der Waals surface area (Å²) in [6.45, 7) is 13.6. The van der Waals surface area contributed by atoms with Crippen LogP contribution in [0, 0.1) is 28.1 Å². The summed E-state index contributed by atoms with van der Waals surface area (Å²) in [4.78, 5) is 137. The summed E-state index contributed by atoms with van der Waals surface area (Å²) in [5.41, 5.74) is 4.44. The van der Waals surface area contributed by atoms with Crippen LogP contribution in [0.2, 0.25) is 0 Å². The summed E-state index contributed by atoms with van der Waals surface area (Å²) >= 11 is 3.34. The Morgan fingerprint density at radius 2 is 0.981 bits per heavy atom. The Bertz CT molecular complexity index is 3910. The first-order valence-corrected chi connectivity index (χ1v) is 42.1. The van der Waals surface area contributed by atoms with Crippen LogP contribution in [0.25, 0.3) is 0 Å². The normalized spacial score (nSPS) is 31.5. The van der Waals surface area contributed by atoms with E-state index in [0.29, 0.717) is 63.0 Å².